The first kappa shape index (κ1) is 9.72. The molecule has 0 bridgehead atoms. The maximum Gasteiger partial charge on any atom is 0.339 e. The third-order valence-electron chi connectivity index (χ3n) is 2.73. The van der Waals surface area contributed by atoms with Gasteiger partial charge in [-0.1, -0.05) is 24.3 Å². The maximum absolute atomic E-state index is 11.1. The summed E-state index contributed by atoms with van der Waals surface area (Å²) < 4.78 is 5.44. The minimum absolute atomic E-state index is 0.00930. The number of benzene rings is 2. The van der Waals surface area contributed by atoms with Crippen LogP contribution in [0.25, 0.3) is 21.9 Å². The molecule has 84 valence electrons. The number of aromatic hydroxyl groups is 1. The Morgan fingerprint density at radius 1 is 1.00 bits per heavy atom. The van der Waals surface area contributed by atoms with Gasteiger partial charge in [-0.05, 0) is 12.1 Å². The van der Waals surface area contributed by atoms with Gasteiger partial charge in [0.15, 0.2) is 11.3 Å². The summed E-state index contributed by atoms with van der Waals surface area (Å²) >= 11 is 0. The molecule has 0 saturated heterocycles. The van der Waals surface area contributed by atoms with Crippen LogP contribution < -0.4 is 0 Å². The third-order valence-corrected chi connectivity index (χ3v) is 2.73. The number of carboxylic acid groups (broad SMARTS) is 1. The van der Waals surface area contributed by atoms with E-state index in [9.17, 15) is 9.90 Å². The van der Waals surface area contributed by atoms with E-state index in [0.29, 0.717) is 16.4 Å². The van der Waals surface area contributed by atoms with Crippen molar-refractivity contribution in [3.63, 3.8) is 0 Å². The summed E-state index contributed by atoms with van der Waals surface area (Å²) in [6, 6.07) is 9.89. The van der Waals surface area contributed by atoms with E-state index in [1.807, 2.05) is 0 Å². The van der Waals surface area contributed by atoms with Crippen LogP contribution in [0.4, 0.5) is 0 Å². The molecule has 0 unspecified atom stereocenters. The van der Waals surface area contributed by atoms with Crippen molar-refractivity contribution in [3.05, 3.63) is 42.0 Å². The van der Waals surface area contributed by atoms with Crippen molar-refractivity contribution in [3.8, 4) is 5.75 Å². The summed E-state index contributed by atoms with van der Waals surface area (Å²) in [7, 11) is 0. The summed E-state index contributed by atoms with van der Waals surface area (Å²) in [6.07, 6.45) is 0. The molecule has 3 rings (SSSR count). The standard InChI is InChI=1S/C13H8O4/c14-10-6-2-4-8-7-3-1-5-9(13(15)16)11(7)17-12(8)10/h1-6,14H,(H,15,16). The number of phenolic OH excluding ortho intramolecular Hbond substituents is 1. The second kappa shape index (κ2) is 3.25. The van der Waals surface area contributed by atoms with Crippen molar-refractivity contribution < 1.29 is 19.4 Å². The summed E-state index contributed by atoms with van der Waals surface area (Å²) in [4.78, 5) is 11.1. The van der Waals surface area contributed by atoms with E-state index >= 15 is 0 Å². The average molecular weight is 228 g/mol. The lowest BCUT2D eigenvalue weighted by Gasteiger charge is -1.94. The van der Waals surface area contributed by atoms with Crippen molar-refractivity contribution in [1.82, 2.24) is 0 Å². The summed E-state index contributed by atoms with van der Waals surface area (Å²) in [5.74, 6) is -1.04. The summed E-state index contributed by atoms with van der Waals surface area (Å²) in [6.45, 7) is 0. The van der Waals surface area contributed by atoms with Gasteiger partial charge >= 0.3 is 5.97 Å². The lowest BCUT2D eigenvalue weighted by Crippen LogP contribution is -1.95. The second-order valence-electron chi connectivity index (χ2n) is 3.74. The highest BCUT2D eigenvalue weighted by Crippen LogP contribution is 2.35. The Hall–Kier alpha value is -2.49. The first-order valence-corrected chi connectivity index (χ1v) is 5.05. The quantitative estimate of drug-likeness (QED) is 0.671. The van der Waals surface area contributed by atoms with Gasteiger partial charge in [0.1, 0.15) is 11.1 Å². The van der Waals surface area contributed by atoms with Crippen molar-refractivity contribution in [2.75, 3.05) is 0 Å². The Labute approximate surface area is 95.7 Å². The summed E-state index contributed by atoms with van der Waals surface area (Å²) in [5, 5.41) is 20.1. The van der Waals surface area contributed by atoms with E-state index in [1.165, 1.54) is 12.1 Å². The predicted molar refractivity (Wildman–Crippen MR) is 62.3 cm³/mol. The molecule has 0 amide bonds. The van der Waals surface area contributed by atoms with Crippen LogP contribution in [-0.4, -0.2) is 16.2 Å². The van der Waals surface area contributed by atoms with Crippen molar-refractivity contribution >= 4 is 27.9 Å². The molecule has 1 aromatic heterocycles. The zero-order valence-electron chi connectivity index (χ0n) is 8.68. The number of phenols is 1. The largest absolute Gasteiger partial charge is 0.504 e. The Morgan fingerprint density at radius 3 is 2.35 bits per heavy atom. The molecule has 0 spiro atoms. The van der Waals surface area contributed by atoms with Crippen LogP contribution in [0.2, 0.25) is 0 Å². The van der Waals surface area contributed by atoms with Crippen LogP contribution in [0.15, 0.2) is 40.8 Å². The molecule has 0 aliphatic carbocycles. The number of carboxylic acids is 1. The lowest BCUT2D eigenvalue weighted by molar-refractivity contribution is 0.0698. The van der Waals surface area contributed by atoms with E-state index in [1.54, 1.807) is 24.3 Å². The molecule has 0 radical (unpaired) electrons. The van der Waals surface area contributed by atoms with Crippen LogP contribution in [0, 0.1) is 0 Å². The van der Waals surface area contributed by atoms with Gasteiger partial charge in [-0.3, -0.25) is 0 Å². The summed E-state index contributed by atoms with van der Waals surface area (Å²) in [5.41, 5.74) is 0.700. The SMILES string of the molecule is O=C(O)c1cccc2c1oc1c(O)cccc12. The van der Waals surface area contributed by atoms with Gasteiger partial charge in [-0.15, -0.1) is 0 Å². The monoisotopic (exact) mass is 228 g/mol. The number of rotatable bonds is 1. The number of fused-ring (bicyclic) bond motifs is 3. The maximum atomic E-state index is 11.1. The number of hydrogen-bond acceptors (Lipinski definition) is 3. The number of carbonyl (C=O) groups is 1. The molecule has 17 heavy (non-hydrogen) atoms. The van der Waals surface area contributed by atoms with Crippen LogP contribution in [0.5, 0.6) is 5.75 Å². The Kier molecular flexibility index (Phi) is 1.86. The van der Waals surface area contributed by atoms with Gasteiger partial charge in [-0.2, -0.15) is 0 Å². The molecule has 2 N–H and O–H groups in total. The van der Waals surface area contributed by atoms with E-state index < -0.39 is 5.97 Å². The number of furan rings is 1. The van der Waals surface area contributed by atoms with Crippen LogP contribution in [-0.2, 0) is 0 Å². The van der Waals surface area contributed by atoms with Gasteiger partial charge in [0.25, 0.3) is 0 Å². The molecule has 4 nitrogen and oxygen atoms in total. The van der Waals surface area contributed by atoms with Crippen molar-refractivity contribution in [1.29, 1.82) is 0 Å². The van der Waals surface area contributed by atoms with Crippen LogP contribution >= 0.6 is 0 Å². The predicted octanol–water partition coefficient (Wildman–Crippen LogP) is 2.99. The molecule has 2 aromatic carbocycles. The van der Waals surface area contributed by atoms with Gasteiger partial charge in [0, 0.05) is 10.8 Å². The average Bonchev–Trinajstić information content (AvgIpc) is 2.69. The fourth-order valence-corrected chi connectivity index (χ4v) is 1.97. The first-order chi connectivity index (χ1) is 8.18. The number of aromatic carboxylic acids is 1. The molecule has 3 aromatic rings. The highest BCUT2D eigenvalue weighted by atomic mass is 16.4. The molecular formula is C13H8O4. The topological polar surface area (TPSA) is 70.7 Å². The third kappa shape index (κ3) is 1.27. The van der Waals surface area contributed by atoms with Crippen molar-refractivity contribution in [2.24, 2.45) is 0 Å². The van der Waals surface area contributed by atoms with Gasteiger partial charge in [-0.25, -0.2) is 4.79 Å². The fraction of sp³-hybridized carbons (Fsp3) is 0. The molecule has 4 heteroatoms. The fourth-order valence-electron chi connectivity index (χ4n) is 1.97. The normalized spacial score (nSPS) is 11.1. The van der Waals surface area contributed by atoms with E-state index in [-0.39, 0.29) is 16.9 Å². The Balaban J connectivity index is 2.55. The van der Waals surface area contributed by atoms with E-state index in [4.69, 9.17) is 9.52 Å². The van der Waals surface area contributed by atoms with Gasteiger partial charge < -0.3 is 14.6 Å². The first-order valence-electron chi connectivity index (χ1n) is 5.05. The minimum Gasteiger partial charge on any atom is -0.504 e. The number of hydrogen-bond donors (Lipinski definition) is 2. The van der Waals surface area contributed by atoms with E-state index in [2.05, 4.69) is 0 Å². The van der Waals surface area contributed by atoms with Gasteiger partial charge in [0.05, 0.1) is 0 Å². The highest BCUT2D eigenvalue weighted by molar-refractivity contribution is 6.12. The van der Waals surface area contributed by atoms with Crippen molar-refractivity contribution in [2.45, 2.75) is 0 Å². The van der Waals surface area contributed by atoms with E-state index in [0.717, 1.165) is 0 Å². The molecule has 0 fully saturated rings. The minimum atomic E-state index is -1.05. The zero-order valence-corrected chi connectivity index (χ0v) is 8.68. The molecule has 1 heterocycles. The molecule has 0 atom stereocenters. The number of para-hydroxylation sites is 2. The smallest absolute Gasteiger partial charge is 0.339 e. The highest BCUT2D eigenvalue weighted by Gasteiger charge is 2.16. The Morgan fingerprint density at radius 2 is 1.65 bits per heavy atom. The lowest BCUT2D eigenvalue weighted by atomic mass is 10.1. The zero-order chi connectivity index (χ0) is 12.0. The van der Waals surface area contributed by atoms with Crippen LogP contribution in [0.3, 0.4) is 0 Å². The van der Waals surface area contributed by atoms with Crippen LogP contribution in [0.1, 0.15) is 10.4 Å². The molecule has 0 saturated carbocycles. The second-order valence-corrected chi connectivity index (χ2v) is 3.74. The molecule has 0 aliphatic rings. The molecular weight excluding hydrogens is 220 g/mol. The molecule has 0 aliphatic heterocycles. The van der Waals surface area contributed by atoms with Gasteiger partial charge in [0.2, 0.25) is 0 Å². The Bertz CT molecular complexity index is 740.